The molecule has 0 saturated heterocycles. The molecule has 0 aliphatic carbocycles. The van der Waals surface area contributed by atoms with E-state index in [2.05, 4.69) is 22.5 Å². The largest absolute Gasteiger partial charge is 0.341 e. The predicted octanol–water partition coefficient (Wildman–Crippen LogP) is 1.31. The molecule has 0 atom stereocenters. The Morgan fingerprint density at radius 1 is 1.47 bits per heavy atom. The predicted molar refractivity (Wildman–Crippen MR) is 69.8 cm³/mol. The highest BCUT2D eigenvalue weighted by Crippen LogP contribution is 2.17. The lowest BCUT2D eigenvalue weighted by Gasteiger charge is -2.09. The molecule has 17 heavy (non-hydrogen) atoms. The number of amides is 2. The van der Waals surface area contributed by atoms with Crippen molar-refractivity contribution in [2.24, 2.45) is 5.73 Å². The van der Waals surface area contributed by atoms with E-state index in [1.54, 1.807) is 7.05 Å². The number of hydrogen-bond acceptors (Lipinski definition) is 2. The molecule has 0 fully saturated rings. The summed E-state index contributed by atoms with van der Waals surface area (Å²) in [7, 11) is 1.59. The molecule has 0 aromatic heterocycles. The van der Waals surface area contributed by atoms with E-state index in [0.29, 0.717) is 6.54 Å². The molecule has 0 spiro atoms. The molecule has 0 bridgehead atoms. The topological polar surface area (TPSA) is 67.1 Å². The zero-order chi connectivity index (χ0) is 12.7. The van der Waals surface area contributed by atoms with Crippen molar-refractivity contribution in [2.75, 3.05) is 18.9 Å². The average Bonchev–Trinajstić information content (AvgIpc) is 2.37. The Morgan fingerprint density at radius 2 is 2.24 bits per heavy atom. The second kappa shape index (κ2) is 6.56. The lowest BCUT2D eigenvalue weighted by molar-refractivity contribution is 0.254. The van der Waals surface area contributed by atoms with Crippen molar-refractivity contribution in [3.05, 3.63) is 29.3 Å². The van der Waals surface area contributed by atoms with Gasteiger partial charge in [-0.05, 0) is 30.2 Å². The number of urea groups is 1. The highest BCUT2D eigenvalue weighted by Gasteiger charge is 2.04. The van der Waals surface area contributed by atoms with Gasteiger partial charge in [0.2, 0.25) is 0 Å². The highest BCUT2D eigenvalue weighted by atomic mass is 16.2. The van der Waals surface area contributed by atoms with Gasteiger partial charge in [0.25, 0.3) is 0 Å². The van der Waals surface area contributed by atoms with Gasteiger partial charge in [0.1, 0.15) is 0 Å². The van der Waals surface area contributed by atoms with Crippen LogP contribution in [0.5, 0.6) is 0 Å². The van der Waals surface area contributed by atoms with Crippen molar-refractivity contribution in [2.45, 2.75) is 13.3 Å². The van der Waals surface area contributed by atoms with Crippen molar-refractivity contribution >= 4 is 11.7 Å². The summed E-state index contributed by atoms with van der Waals surface area (Å²) in [6, 6.07) is 5.47. The zero-order valence-electron chi connectivity index (χ0n) is 10.1. The summed E-state index contributed by atoms with van der Waals surface area (Å²) in [5.41, 5.74) is 8.10. The van der Waals surface area contributed by atoms with Gasteiger partial charge in [-0.3, -0.25) is 0 Å². The Labute approximate surface area is 102 Å². The first-order chi connectivity index (χ1) is 8.21. The Hall–Kier alpha value is -1.99. The lowest BCUT2D eigenvalue weighted by Crippen LogP contribution is -2.25. The molecule has 0 unspecified atom stereocenters. The van der Waals surface area contributed by atoms with E-state index in [-0.39, 0.29) is 6.03 Å². The van der Waals surface area contributed by atoms with Crippen LogP contribution in [0.25, 0.3) is 0 Å². The van der Waals surface area contributed by atoms with Gasteiger partial charge in [-0.1, -0.05) is 18.8 Å². The number of rotatable bonds is 2. The second-order valence-corrected chi connectivity index (χ2v) is 3.44. The molecule has 90 valence electrons. The molecule has 0 aliphatic heterocycles. The van der Waals surface area contributed by atoms with Gasteiger partial charge in [0, 0.05) is 18.3 Å². The first kappa shape index (κ1) is 13.1. The summed E-state index contributed by atoms with van der Waals surface area (Å²) in [6.45, 7) is 2.38. The fraction of sp³-hybridized carbons (Fsp3) is 0.308. The van der Waals surface area contributed by atoms with Gasteiger partial charge in [0.15, 0.2) is 0 Å². The minimum atomic E-state index is -0.222. The van der Waals surface area contributed by atoms with Crippen LogP contribution in [0.4, 0.5) is 10.5 Å². The number of hydrogen-bond donors (Lipinski definition) is 3. The second-order valence-electron chi connectivity index (χ2n) is 3.44. The fourth-order valence-electron chi connectivity index (χ4n) is 1.42. The van der Waals surface area contributed by atoms with E-state index in [1.807, 2.05) is 25.1 Å². The molecule has 0 radical (unpaired) electrons. The van der Waals surface area contributed by atoms with Crippen LogP contribution >= 0.6 is 0 Å². The summed E-state index contributed by atoms with van der Waals surface area (Å²) in [5.74, 6) is 5.78. The normalized spacial score (nSPS) is 9.12. The molecule has 4 N–H and O–H groups in total. The molecule has 4 nitrogen and oxygen atoms in total. The molecule has 1 aromatic rings. The molecular weight excluding hydrogens is 214 g/mol. The lowest BCUT2D eigenvalue weighted by atomic mass is 10.1. The number of carbonyl (C=O) groups excluding carboxylic acids is 1. The summed E-state index contributed by atoms with van der Waals surface area (Å²) in [6.07, 6.45) is 0.831. The third kappa shape index (κ3) is 3.82. The maximum absolute atomic E-state index is 11.2. The minimum Gasteiger partial charge on any atom is -0.341 e. The fourth-order valence-corrected chi connectivity index (χ4v) is 1.42. The first-order valence-corrected chi connectivity index (χ1v) is 5.51. The Morgan fingerprint density at radius 3 is 2.82 bits per heavy atom. The van der Waals surface area contributed by atoms with Crippen molar-refractivity contribution in [3.63, 3.8) is 0 Å². The monoisotopic (exact) mass is 231 g/mol. The number of benzene rings is 1. The maximum Gasteiger partial charge on any atom is 0.318 e. The van der Waals surface area contributed by atoms with E-state index in [4.69, 9.17) is 5.73 Å². The number of anilines is 1. The number of carbonyl (C=O) groups is 1. The average molecular weight is 231 g/mol. The van der Waals surface area contributed by atoms with Gasteiger partial charge in [-0.25, -0.2) is 4.79 Å². The van der Waals surface area contributed by atoms with E-state index < -0.39 is 0 Å². The van der Waals surface area contributed by atoms with Crippen LogP contribution in [0.2, 0.25) is 0 Å². The molecule has 0 heterocycles. The van der Waals surface area contributed by atoms with Crippen LogP contribution in [0.15, 0.2) is 18.2 Å². The van der Waals surface area contributed by atoms with Crippen LogP contribution in [-0.2, 0) is 6.42 Å². The van der Waals surface area contributed by atoms with Crippen LogP contribution in [0, 0.1) is 11.8 Å². The van der Waals surface area contributed by atoms with Gasteiger partial charge in [-0.2, -0.15) is 0 Å². The van der Waals surface area contributed by atoms with Crippen molar-refractivity contribution in [3.8, 4) is 11.8 Å². The third-order valence-electron chi connectivity index (χ3n) is 2.30. The van der Waals surface area contributed by atoms with E-state index in [9.17, 15) is 4.79 Å². The SMILES string of the molecule is CCc1cc(C#CCN)ccc1NC(=O)NC. The summed E-state index contributed by atoms with van der Waals surface area (Å²) in [4.78, 5) is 11.2. The Kier molecular flexibility index (Phi) is 5.05. The summed E-state index contributed by atoms with van der Waals surface area (Å²) in [5, 5.41) is 5.29. The molecule has 4 heteroatoms. The van der Waals surface area contributed by atoms with Crippen molar-refractivity contribution in [1.29, 1.82) is 0 Å². The molecule has 0 aliphatic rings. The number of nitrogens with one attached hydrogen (secondary N) is 2. The van der Waals surface area contributed by atoms with Crippen LogP contribution in [0.1, 0.15) is 18.1 Å². The van der Waals surface area contributed by atoms with Crippen molar-refractivity contribution < 1.29 is 4.79 Å². The Bertz CT molecular complexity index is 457. The van der Waals surface area contributed by atoms with Gasteiger partial charge < -0.3 is 16.4 Å². The third-order valence-corrected chi connectivity index (χ3v) is 2.30. The van der Waals surface area contributed by atoms with Crippen LogP contribution < -0.4 is 16.4 Å². The molecular formula is C13H17N3O. The number of aryl methyl sites for hydroxylation is 1. The van der Waals surface area contributed by atoms with Gasteiger partial charge in [0.05, 0.1) is 6.54 Å². The van der Waals surface area contributed by atoms with Crippen molar-refractivity contribution in [1.82, 2.24) is 5.32 Å². The van der Waals surface area contributed by atoms with E-state index in [1.165, 1.54) is 0 Å². The van der Waals surface area contributed by atoms with E-state index in [0.717, 1.165) is 23.2 Å². The quantitative estimate of drug-likeness (QED) is 0.672. The number of nitrogens with two attached hydrogens (primary N) is 1. The summed E-state index contributed by atoms with van der Waals surface area (Å²) >= 11 is 0. The zero-order valence-corrected chi connectivity index (χ0v) is 10.1. The molecule has 1 aromatic carbocycles. The maximum atomic E-state index is 11.2. The van der Waals surface area contributed by atoms with Crippen LogP contribution in [0.3, 0.4) is 0 Å². The Balaban J connectivity index is 2.96. The smallest absolute Gasteiger partial charge is 0.318 e. The van der Waals surface area contributed by atoms with E-state index >= 15 is 0 Å². The first-order valence-electron chi connectivity index (χ1n) is 5.51. The molecule has 0 saturated carbocycles. The van der Waals surface area contributed by atoms with Gasteiger partial charge >= 0.3 is 6.03 Å². The highest BCUT2D eigenvalue weighted by molar-refractivity contribution is 5.90. The van der Waals surface area contributed by atoms with Crippen LogP contribution in [-0.4, -0.2) is 19.6 Å². The minimum absolute atomic E-state index is 0.222. The molecule has 1 rings (SSSR count). The molecule has 2 amide bonds. The summed E-state index contributed by atoms with van der Waals surface area (Å²) < 4.78 is 0. The standard InChI is InChI=1S/C13H17N3O/c1-3-11-9-10(5-4-8-14)6-7-12(11)16-13(17)15-2/h6-7,9H,3,8,14H2,1-2H3,(H2,15,16,17). The van der Waals surface area contributed by atoms with Gasteiger partial charge in [-0.15, -0.1) is 0 Å².